The van der Waals surface area contributed by atoms with Gasteiger partial charge in [-0.15, -0.1) is 0 Å². The van der Waals surface area contributed by atoms with Gasteiger partial charge in [0.25, 0.3) is 0 Å². The lowest BCUT2D eigenvalue weighted by molar-refractivity contribution is 0.230. The molecule has 0 bridgehead atoms. The van der Waals surface area contributed by atoms with E-state index in [1.807, 2.05) is 19.1 Å². The molecule has 0 N–H and O–H groups in total. The molecule has 2 fully saturated rings. The van der Waals surface area contributed by atoms with Gasteiger partial charge in [-0.25, -0.2) is 4.39 Å². The van der Waals surface area contributed by atoms with Crippen LogP contribution in [-0.2, 0) is 0 Å². The third-order valence-corrected chi connectivity index (χ3v) is 4.03. The average molecular weight is 234 g/mol. The van der Waals surface area contributed by atoms with Crippen molar-refractivity contribution in [2.45, 2.75) is 25.8 Å². The van der Waals surface area contributed by atoms with E-state index in [2.05, 4.69) is 9.80 Å². The summed E-state index contributed by atoms with van der Waals surface area (Å²) in [6.45, 7) is 6.19. The molecule has 2 heterocycles. The summed E-state index contributed by atoms with van der Waals surface area (Å²) in [6.07, 6.45) is 2.57. The summed E-state index contributed by atoms with van der Waals surface area (Å²) < 4.78 is 13.9. The standard InChI is InChI=1S/C14H19FN2/c1-11-4-5-14(13(15)9-11)17-8-7-16-6-2-3-12(16)10-17/h4-5,9,12H,2-3,6-8,10H2,1H3. The summed E-state index contributed by atoms with van der Waals surface area (Å²) in [5.41, 5.74) is 1.77. The monoisotopic (exact) mass is 234 g/mol. The molecule has 92 valence electrons. The van der Waals surface area contributed by atoms with Gasteiger partial charge in [0.05, 0.1) is 5.69 Å². The van der Waals surface area contributed by atoms with Gasteiger partial charge in [0.1, 0.15) is 5.82 Å². The topological polar surface area (TPSA) is 6.48 Å². The largest absolute Gasteiger partial charge is 0.366 e. The molecule has 0 saturated carbocycles. The molecule has 0 aliphatic carbocycles. The van der Waals surface area contributed by atoms with E-state index in [0.29, 0.717) is 6.04 Å². The van der Waals surface area contributed by atoms with Crippen LogP contribution in [-0.4, -0.2) is 37.1 Å². The number of benzene rings is 1. The van der Waals surface area contributed by atoms with Crippen molar-refractivity contribution < 1.29 is 4.39 Å². The molecule has 0 aromatic heterocycles. The van der Waals surface area contributed by atoms with E-state index in [1.54, 1.807) is 6.07 Å². The van der Waals surface area contributed by atoms with Crippen molar-refractivity contribution in [1.29, 1.82) is 0 Å². The minimum absolute atomic E-state index is 0.0727. The molecular formula is C14H19FN2. The molecule has 0 spiro atoms. The van der Waals surface area contributed by atoms with E-state index in [4.69, 9.17) is 0 Å². The molecule has 2 nitrogen and oxygen atoms in total. The predicted octanol–water partition coefficient (Wildman–Crippen LogP) is 2.42. The number of fused-ring (bicyclic) bond motifs is 1. The second-order valence-electron chi connectivity index (χ2n) is 5.23. The Morgan fingerprint density at radius 1 is 1.24 bits per heavy atom. The van der Waals surface area contributed by atoms with Crippen LogP contribution in [0.3, 0.4) is 0 Å². The number of aryl methyl sites for hydroxylation is 1. The minimum atomic E-state index is -0.0727. The first-order valence-electron chi connectivity index (χ1n) is 6.49. The third-order valence-electron chi connectivity index (χ3n) is 4.03. The number of hydrogen-bond acceptors (Lipinski definition) is 2. The maximum Gasteiger partial charge on any atom is 0.146 e. The van der Waals surface area contributed by atoms with E-state index in [9.17, 15) is 4.39 Å². The first kappa shape index (κ1) is 11.0. The molecular weight excluding hydrogens is 215 g/mol. The molecule has 2 aliphatic rings. The van der Waals surface area contributed by atoms with Gasteiger partial charge in [-0.05, 0) is 44.0 Å². The summed E-state index contributed by atoms with van der Waals surface area (Å²) >= 11 is 0. The van der Waals surface area contributed by atoms with Crippen LogP contribution in [0.25, 0.3) is 0 Å². The van der Waals surface area contributed by atoms with Crippen LogP contribution in [0, 0.1) is 12.7 Å². The molecule has 1 unspecified atom stereocenters. The molecule has 3 heteroatoms. The number of nitrogens with zero attached hydrogens (tertiary/aromatic N) is 2. The summed E-state index contributed by atoms with van der Waals surface area (Å²) in [5.74, 6) is -0.0727. The van der Waals surface area contributed by atoms with Crippen molar-refractivity contribution in [2.24, 2.45) is 0 Å². The number of anilines is 1. The Labute approximate surface area is 102 Å². The molecule has 3 rings (SSSR count). The summed E-state index contributed by atoms with van der Waals surface area (Å²) in [7, 11) is 0. The highest BCUT2D eigenvalue weighted by atomic mass is 19.1. The first-order chi connectivity index (χ1) is 8.24. The Kier molecular flexibility index (Phi) is 2.79. The van der Waals surface area contributed by atoms with E-state index in [1.165, 1.54) is 19.4 Å². The zero-order valence-corrected chi connectivity index (χ0v) is 10.3. The molecule has 1 aromatic carbocycles. The third kappa shape index (κ3) is 2.04. The zero-order chi connectivity index (χ0) is 11.8. The van der Waals surface area contributed by atoms with Gasteiger partial charge < -0.3 is 4.90 Å². The van der Waals surface area contributed by atoms with Gasteiger partial charge in [0, 0.05) is 25.7 Å². The second-order valence-corrected chi connectivity index (χ2v) is 5.23. The Bertz CT molecular complexity index is 419. The number of halogens is 1. The first-order valence-corrected chi connectivity index (χ1v) is 6.49. The number of rotatable bonds is 1. The fraction of sp³-hybridized carbons (Fsp3) is 0.571. The van der Waals surface area contributed by atoms with Crippen LogP contribution in [0.15, 0.2) is 18.2 Å². The smallest absolute Gasteiger partial charge is 0.146 e. The Balaban J connectivity index is 1.80. The van der Waals surface area contributed by atoms with Gasteiger partial charge in [-0.2, -0.15) is 0 Å². The zero-order valence-electron chi connectivity index (χ0n) is 10.3. The quantitative estimate of drug-likeness (QED) is 0.736. The van der Waals surface area contributed by atoms with E-state index in [-0.39, 0.29) is 5.82 Å². The van der Waals surface area contributed by atoms with Crippen LogP contribution in [0.1, 0.15) is 18.4 Å². The highest BCUT2D eigenvalue weighted by molar-refractivity contribution is 5.49. The molecule has 2 aliphatic heterocycles. The highest BCUT2D eigenvalue weighted by Crippen LogP contribution is 2.27. The lowest BCUT2D eigenvalue weighted by Crippen LogP contribution is -2.50. The summed E-state index contributed by atoms with van der Waals surface area (Å²) in [6, 6.07) is 6.20. The van der Waals surface area contributed by atoms with Crippen molar-refractivity contribution in [3.05, 3.63) is 29.6 Å². The van der Waals surface area contributed by atoms with Gasteiger partial charge in [0.2, 0.25) is 0 Å². The van der Waals surface area contributed by atoms with E-state index < -0.39 is 0 Å². The van der Waals surface area contributed by atoms with Crippen molar-refractivity contribution in [1.82, 2.24) is 4.90 Å². The second kappa shape index (κ2) is 4.30. The van der Waals surface area contributed by atoms with E-state index in [0.717, 1.165) is 30.9 Å². The summed E-state index contributed by atoms with van der Waals surface area (Å²) in [4.78, 5) is 4.75. The SMILES string of the molecule is Cc1ccc(N2CCN3CCCC3C2)c(F)c1. The molecule has 1 aromatic rings. The number of hydrogen-bond donors (Lipinski definition) is 0. The Morgan fingerprint density at radius 3 is 2.94 bits per heavy atom. The fourth-order valence-electron chi connectivity index (χ4n) is 3.08. The lowest BCUT2D eigenvalue weighted by Gasteiger charge is -2.38. The van der Waals surface area contributed by atoms with Crippen molar-refractivity contribution in [3.8, 4) is 0 Å². The predicted molar refractivity (Wildman–Crippen MR) is 67.9 cm³/mol. The fourth-order valence-corrected chi connectivity index (χ4v) is 3.08. The van der Waals surface area contributed by atoms with Crippen molar-refractivity contribution >= 4 is 5.69 Å². The van der Waals surface area contributed by atoms with Crippen LogP contribution >= 0.6 is 0 Å². The van der Waals surface area contributed by atoms with Gasteiger partial charge in [-0.3, -0.25) is 4.90 Å². The van der Waals surface area contributed by atoms with Crippen LogP contribution < -0.4 is 4.90 Å². The summed E-state index contributed by atoms with van der Waals surface area (Å²) in [5, 5.41) is 0. The molecule has 0 radical (unpaired) electrons. The molecule has 0 amide bonds. The lowest BCUT2D eigenvalue weighted by atomic mass is 10.1. The van der Waals surface area contributed by atoms with Crippen LogP contribution in [0.5, 0.6) is 0 Å². The minimum Gasteiger partial charge on any atom is -0.366 e. The van der Waals surface area contributed by atoms with E-state index >= 15 is 0 Å². The Morgan fingerprint density at radius 2 is 2.12 bits per heavy atom. The highest BCUT2D eigenvalue weighted by Gasteiger charge is 2.31. The van der Waals surface area contributed by atoms with Crippen molar-refractivity contribution in [3.63, 3.8) is 0 Å². The Hall–Kier alpha value is -1.09. The average Bonchev–Trinajstić information content (AvgIpc) is 2.75. The number of piperazine rings is 1. The van der Waals surface area contributed by atoms with Crippen LogP contribution in [0.2, 0.25) is 0 Å². The van der Waals surface area contributed by atoms with Gasteiger partial charge in [-0.1, -0.05) is 6.07 Å². The van der Waals surface area contributed by atoms with Crippen molar-refractivity contribution in [2.75, 3.05) is 31.1 Å². The molecule has 2 saturated heterocycles. The van der Waals surface area contributed by atoms with Gasteiger partial charge >= 0.3 is 0 Å². The molecule has 1 atom stereocenters. The normalized spacial score (nSPS) is 25.1. The van der Waals surface area contributed by atoms with Gasteiger partial charge in [0.15, 0.2) is 0 Å². The molecule has 17 heavy (non-hydrogen) atoms. The van der Waals surface area contributed by atoms with Crippen LogP contribution in [0.4, 0.5) is 10.1 Å². The maximum absolute atomic E-state index is 13.9. The maximum atomic E-state index is 13.9.